The molecule has 0 aliphatic heterocycles. The summed E-state index contributed by atoms with van der Waals surface area (Å²) in [6.45, 7) is 1.84. The fraction of sp³-hybridized carbons (Fsp3) is 0.200. The molecule has 2 nitrogen and oxygen atoms in total. The number of aliphatic hydroxyl groups is 1. The standard InChI is InChI=1S/C15H15ClFNO/c1-10-4-2-3-5-14(10)18-15(9-19)11-6-7-12(16)13(17)8-11/h2-8,15,18-19H,9H2,1H3. The van der Waals surface area contributed by atoms with E-state index in [1.165, 1.54) is 12.1 Å². The molecule has 2 aromatic carbocycles. The van der Waals surface area contributed by atoms with Crippen molar-refractivity contribution >= 4 is 17.3 Å². The molecule has 1 unspecified atom stereocenters. The normalized spacial score (nSPS) is 12.2. The Morgan fingerprint density at radius 3 is 2.63 bits per heavy atom. The first-order valence-corrected chi connectivity index (χ1v) is 6.37. The number of benzene rings is 2. The van der Waals surface area contributed by atoms with Gasteiger partial charge in [-0.1, -0.05) is 35.9 Å². The molecule has 0 aliphatic rings. The Kier molecular flexibility index (Phi) is 4.40. The SMILES string of the molecule is Cc1ccccc1NC(CO)c1ccc(Cl)c(F)c1. The van der Waals surface area contributed by atoms with Crippen LogP contribution < -0.4 is 5.32 Å². The van der Waals surface area contributed by atoms with Crippen LogP contribution in [-0.2, 0) is 0 Å². The molecule has 4 heteroatoms. The molecule has 0 saturated carbocycles. The van der Waals surface area contributed by atoms with Crippen LogP contribution in [0.2, 0.25) is 5.02 Å². The van der Waals surface area contributed by atoms with Gasteiger partial charge in [-0.05, 0) is 36.2 Å². The molecule has 0 aromatic heterocycles. The Morgan fingerprint density at radius 2 is 2.00 bits per heavy atom. The summed E-state index contributed by atoms with van der Waals surface area (Å²) in [4.78, 5) is 0. The van der Waals surface area contributed by atoms with Crippen LogP contribution >= 0.6 is 11.6 Å². The molecule has 0 radical (unpaired) electrons. The van der Waals surface area contributed by atoms with E-state index in [2.05, 4.69) is 5.32 Å². The minimum atomic E-state index is -0.482. The lowest BCUT2D eigenvalue weighted by Crippen LogP contribution is -2.15. The molecule has 0 bridgehead atoms. The van der Waals surface area contributed by atoms with Crippen molar-refractivity contribution < 1.29 is 9.50 Å². The van der Waals surface area contributed by atoms with E-state index in [4.69, 9.17) is 11.6 Å². The molecule has 19 heavy (non-hydrogen) atoms. The summed E-state index contributed by atoms with van der Waals surface area (Å²) >= 11 is 5.66. The van der Waals surface area contributed by atoms with Crippen LogP contribution in [0.25, 0.3) is 0 Å². The van der Waals surface area contributed by atoms with E-state index < -0.39 is 5.82 Å². The van der Waals surface area contributed by atoms with Crippen LogP contribution in [0.5, 0.6) is 0 Å². The molecule has 1 atom stereocenters. The lowest BCUT2D eigenvalue weighted by Gasteiger charge is -2.19. The molecule has 0 fully saturated rings. The molecule has 2 aromatic rings. The first kappa shape index (κ1) is 13.8. The van der Waals surface area contributed by atoms with Crippen molar-refractivity contribution in [3.63, 3.8) is 0 Å². The number of rotatable bonds is 4. The number of nitrogens with one attached hydrogen (secondary N) is 1. The van der Waals surface area contributed by atoms with Crippen molar-refractivity contribution in [3.05, 3.63) is 64.4 Å². The summed E-state index contributed by atoms with van der Waals surface area (Å²) in [5.74, 6) is -0.482. The van der Waals surface area contributed by atoms with Crippen molar-refractivity contribution in [2.45, 2.75) is 13.0 Å². The van der Waals surface area contributed by atoms with E-state index in [1.807, 2.05) is 31.2 Å². The van der Waals surface area contributed by atoms with Gasteiger partial charge in [0.2, 0.25) is 0 Å². The van der Waals surface area contributed by atoms with Gasteiger partial charge in [-0.15, -0.1) is 0 Å². The van der Waals surface area contributed by atoms with Crippen LogP contribution in [0.1, 0.15) is 17.2 Å². The summed E-state index contributed by atoms with van der Waals surface area (Å²) < 4.78 is 13.5. The second-order valence-electron chi connectivity index (χ2n) is 4.37. The number of aryl methyl sites for hydroxylation is 1. The maximum atomic E-state index is 13.5. The maximum absolute atomic E-state index is 13.5. The zero-order valence-electron chi connectivity index (χ0n) is 10.5. The van der Waals surface area contributed by atoms with Crippen molar-refractivity contribution in [1.29, 1.82) is 0 Å². The average molecular weight is 280 g/mol. The minimum Gasteiger partial charge on any atom is -0.394 e. The summed E-state index contributed by atoms with van der Waals surface area (Å²) in [5.41, 5.74) is 2.64. The number of anilines is 1. The lowest BCUT2D eigenvalue weighted by atomic mass is 10.1. The van der Waals surface area contributed by atoms with Gasteiger partial charge in [0, 0.05) is 5.69 Å². The van der Waals surface area contributed by atoms with Gasteiger partial charge in [-0.3, -0.25) is 0 Å². The highest BCUT2D eigenvalue weighted by molar-refractivity contribution is 6.30. The van der Waals surface area contributed by atoms with Crippen molar-refractivity contribution in [2.24, 2.45) is 0 Å². The Bertz CT molecular complexity index is 574. The van der Waals surface area contributed by atoms with Gasteiger partial charge in [0.1, 0.15) is 5.82 Å². The van der Waals surface area contributed by atoms with Crippen LogP contribution in [0.4, 0.5) is 10.1 Å². The van der Waals surface area contributed by atoms with Crippen LogP contribution in [0, 0.1) is 12.7 Å². The van der Waals surface area contributed by atoms with Crippen molar-refractivity contribution in [1.82, 2.24) is 0 Å². The fourth-order valence-corrected chi connectivity index (χ4v) is 2.00. The zero-order chi connectivity index (χ0) is 13.8. The average Bonchev–Trinajstić information content (AvgIpc) is 2.41. The summed E-state index contributed by atoms with van der Waals surface area (Å²) in [6, 6.07) is 11.9. The summed E-state index contributed by atoms with van der Waals surface area (Å²) in [6.07, 6.45) is 0. The maximum Gasteiger partial charge on any atom is 0.142 e. The molecule has 2 rings (SSSR count). The van der Waals surface area contributed by atoms with E-state index in [0.717, 1.165) is 11.3 Å². The van der Waals surface area contributed by atoms with Gasteiger partial charge in [0.25, 0.3) is 0 Å². The van der Waals surface area contributed by atoms with Gasteiger partial charge in [-0.2, -0.15) is 0 Å². The zero-order valence-corrected chi connectivity index (χ0v) is 11.3. The van der Waals surface area contributed by atoms with Crippen molar-refractivity contribution in [3.8, 4) is 0 Å². The smallest absolute Gasteiger partial charge is 0.142 e. The van der Waals surface area contributed by atoms with E-state index in [1.54, 1.807) is 6.07 Å². The predicted molar refractivity (Wildman–Crippen MR) is 76.0 cm³/mol. The van der Waals surface area contributed by atoms with E-state index >= 15 is 0 Å². The molecule has 100 valence electrons. The topological polar surface area (TPSA) is 32.3 Å². The van der Waals surface area contributed by atoms with E-state index in [9.17, 15) is 9.50 Å². The van der Waals surface area contributed by atoms with Gasteiger partial charge < -0.3 is 10.4 Å². The van der Waals surface area contributed by atoms with E-state index in [-0.39, 0.29) is 17.7 Å². The highest BCUT2D eigenvalue weighted by atomic mass is 35.5. The highest BCUT2D eigenvalue weighted by Gasteiger charge is 2.13. The molecular weight excluding hydrogens is 265 g/mol. The Hall–Kier alpha value is -1.58. The molecular formula is C15H15ClFNO. The molecule has 0 amide bonds. The third-order valence-electron chi connectivity index (χ3n) is 3.00. The third-order valence-corrected chi connectivity index (χ3v) is 3.31. The molecule has 2 N–H and O–H groups in total. The van der Waals surface area contributed by atoms with Crippen LogP contribution in [0.15, 0.2) is 42.5 Å². The Balaban J connectivity index is 2.25. The van der Waals surface area contributed by atoms with Crippen molar-refractivity contribution in [2.75, 3.05) is 11.9 Å². The number of halogens is 2. The van der Waals surface area contributed by atoms with Gasteiger partial charge in [0.15, 0.2) is 0 Å². The largest absolute Gasteiger partial charge is 0.394 e. The number of hydrogen-bond acceptors (Lipinski definition) is 2. The monoisotopic (exact) mass is 279 g/mol. The quantitative estimate of drug-likeness (QED) is 0.889. The van der Waals surface area contributed by atoms with Crippen LogP contribution in [-0.4, -0.2) is 11.7 Å². The fourth-order valence-electron chi connectivity index (χ4n) is 1.89. The first-order valence-electron chi connectivity index (χ1n) is 6.00. The van der Waals surface area contributed by atoms with Gasteiger partial charge >= 0.3 is 0 Å². The van der Waals surface area contributed by atoms with Gasteiger partial charge in [-0.25, -0.2) is 4.39 Å². The molecule has 0 spiro atoms. The molecule has 0 heterocycles. The number of para-hydroxylation sites is 1. The number of hydrogen-bond donors (Lipinski definition) is 2. The number of aliphatic hydroxyl groups excluding tert-OH is 1. The third kappa shape index (κ3) is 3.25. The first-order chi connectivity index (χ1) is 9.11. The van der Waals surface area contributed by atoms with Crippen LogP contribution in [0.3, 0.4) is 0 Å². The Morgan fingerprint density at radius 1 is 1.26 bits per heavy atom. The highest BCUT2D eigenvalue weighted by Crippen LogP contribution is 2.24. The second-order valence-corrected chi connectivity index (χ2v) is 4.78. The van der Waals surface area contributed by atoms with Gasteiger partial charge in [0.05, 0.1) is 17.7 Å². The lowest BCUT2D eigenvalue weighted by molar-refractivity contribution is 0.276. The second kappa shape index (κ2) is 6.04. The minimum absolute atomic E-state index is 0.0799. The van der Waals surface area contributed by atoms with E-state index in [0.29, 0.717) is 5.56 Å². The summed E-state index contributed by atoms with van der Waals surface area (Å²) in [5, 5.41) is 12.8. The summed E-state index contributed by atoms with van der Waals surface area (Å²) in [7, 11) is 0. The Labute approximate surface area is 116 Å². The predicted octanol–water partition coefficient (Wildman–Crippen LogP) is 3.93. The molecule has 0 aliphatic carbocycles. The molecule has 0 saturated heterocycles.